The summed E-state index contributed by atoms with van der Waals surface area (Å²) in [7, 11) is 0. The molecular weight excluding hydrogens is 440 g/mol. The van der Waals surface area contributed by atoms with Crippen molar-refractivity contribution in [2.45, 2.75) is 26.5 Å². The maximum Gasteiger partial charge on any atom is 0.329 e. The number of hydrogen-bond donors (Lipinski definition) is 2. The maximum absolute atomic E-state index is 12.7. The van der Waals surface area contributed by atoms with Gasteiger partial charge in [0.1, 0.15) is 12.6 Å². The molecule has 0 fully saturated rings. The molecule has 3 rings (SSSR count). The molecule has 2 amide bonds. The molecule has 3 aromatic rings. The van der Waals surface area contributed by atoms with Crippen LogP contribution >= 0.6 is 11.6 Å². The summed E-state index contributed by atoms with van der Waals surface area (Å²) in [6.07, 6.45) is 0. The van der Waals surface area contributed by atoms with Crippen LogP contribution in [-0.2, 0) is 16.1 Å². The van der Waals surface area contributed by atoms with Crippen LogP contribution in [0.3, 0.4) is 0 Å². The van der Waals surface area contributed by atoms with Crippen LogP contribution < -0.4 is 10.6 Å². The molecule has 0 unspecified atom stereocenters. The van der Waals surface area contributed by atoms with Gasteiger partial charge >= 0.3 is 5.97 Å². The van der Waals surface area contributed by atoms with E-state index in [0.29, 0.717) is 21.8 Å². The Morgan fingerprint density at radius 2 is 1.48 bits per heavy atom. The molecule has 0 aliphatic heterocycles. The molecule has 170 valence electrons. The average molecular weight is 465 g/mol. The van der Waals surface area contributed by atoms with Crippen molar-refractivity contribution in [2.24, 2.45) is 5.92 Å². The molecule has 0 spiro atoms. The zero-order chi connectivity index (χ0) is 23.8. The van der Waals surface area contributed by atoms with E-state index < -0.39 is 17.9 Å². The Kier molecular flexibility index (Phi) is 8.22. The molecule has 2 N–H and O–H groups in total. The van der Waals surface area contributed by atoms with Crippen LogP contribution in [0, 0.1) is 5.92 Å². The van der Waals surface area contributed by atoms with Gasteiger partial charge < -0.3 is 15.4 Å². The van der Waals surface area contributed by atoms with Crippen LogP contribution in [0.15, 0.2) is 78.9 Å². The van der Waals surface area contributed by atoms with Gasteiger partial charge in [-0.3, -0.25) is 9.59 Å². The molecule has 0 radical (unpaired) electrons. The zero-order valence-corrected chi connectivity index (χ0v) is 19.1. The van der Waals surface area contributed by atoms with Gasteiger partial charge in [-0.05, 0) is 47.9 Å². The number of benzene rings is 3. The molecule has 0 aliphatic carbocycles. The van der Waals surface area contributed by atoms with Crippen molar-refractivity contribution in [3.05, 3.63) is 101 Å². The molecule has 1 atom stereocenters. The van der Waals surface area contributed by atoms with Gasteiger partial charge in [-0.25, -0.2) is 4.79 Å². The monoisotopic (exact) mass is 464 g/mol. The Morgan fingerprint density at radius 1 is 0.848 bits per heavy atom. The molecule has 0 heterocycles. The lowest BCUT2D eigenvalue weighted by molar-refractivity contribution is -0.148. The van der Waals surface area contributed by atoms with E-state index in [1.54, 1.807) is 60.7 Å². The van der Waals surface area contributed by atoms with Crippen molar-refractivity contribution < 1.29 is 19.1 Å². The molecule has 3 aromatic carbocycles. The zero-order valence-electron chi connectivity index (χ0n) is 18.4. The summed E-state index contributed by atoms with van der Waals surface area (Å²) in [6.45, 7) is 3.66. The first kappa shape index (κ1) is 24.0. The van der Waals surface area contributed by atoms with Crippen LogP contribution in [0.1, 0.15) is 40.1 Å². The van der Waals surface area contributed by atoms with Gasteiger partial charge in [0.2, 0.25) is 0 Å². The number of carbonyl (C=O) groups is 3. The lowest BCUT2D eigenvalue weighted by Gasteiger charge is -2.21. The lowest BCUT2D eigenvalue weighted by Crippen LogP contribution is -2.45. The Bertz CT molecular complexity index is 1110. The smallest absolute Gasteiger partial charge is 0.329 e. The molecule has 0 bridgehead atoms. The van der Waals surface area contributed by atoms with E-state index in [1.165, 1.54) is 0 Å². The number of nitrogens with one attached hydrogen (secondary N) is 2. The molecule has 0 aromatic heterocycles. The first-order valence-electron chi connectivity index (χ1n) is 10.5. The Balaban J connectivity index is 1.57. The number of hydrogen-bond acceptors (Lipinski definition) is 4. The second-order valence-corrected chi connectivity index (χ2v) is 8.21. The van der Waals surface area contributed by atoms with Crippen LogP contribution in [0.4, 0.5) is 5.69 Å². The van der Waals surface area contributed by atoms with Crippen LogP contribution in [0.2, 0.25) is 5.02 Å². The fraction of sp³-hybridized carbons (Fsp3) is 0.192. The summed E-state index contributed by atoms with van der Waals surface area (Å²) in [4.78, 5) is 37.6. The van der Waals surface area contributed by atoms with Gasteiger partial charge in [0, 0.05) is 11.3 Å². The molecule has 7 heteroatoms. The summed E-state index contributed by atoms with van der Waals surface area (Å²) in [5.41, 5.74) is 2.21. The fourth-order valence-electron chi connectivity index (χ4n) is 3.08. The van der Waals surface area contributed by atoms with Gasteiger partial charge in [-0.2, -0.15) is 0 Å². The summed E-state index contributed by atoms with van der Waals surface area (Å²) in [5, 5.41) is 5.83. The third kappa shape index (κ3) is 6.67. The van der Waals surface area contributed by atoms with Crippen molar-refractivity contribution in [2.75, 3.05) is 5.32 Å². The standard InChI is InChI=1S/C26H25ClN2O4/c1-17(2)23(29-25(31)21-10-6-7-11-22(21)27)26(32)33-16-18-12-14-19(15-13-18)24(30)28-20-8-4-3-5-9-20/h3-15,17,23H,16H2,1-2H3,(H,28,30)(H,29,31)/t23-/m0/s1. The number of para-hydroxylation sites is 1. The fourth-order valence-corrected chi connectivity index (χ4v) is 3.30. The van der Waals surface area contributed by atoms with E-state index in [0.717, 1.165) is 5.56 Å². The quantitative estimate of drug-likeness (QED) is 0.455. The highest BCUT2D eigenvalue weighted by molar-refractivity contribution is 6.33. The van der Waals surface area contributed by atoms with Gasteiger partial charge in [-0.15, -0.1) is 0 Å². The number of anilines is 1. The Morgan fingerprint density at radius 3 is 2.12 bits per heavy atom. The number of rotatable bonds is 8. The van der Waals surface area contributed by atoms with Gasteiger partial charge in [-0.1, -0.05) is 67.9 Å². The Hall–Kier alpha value is -3.64. The summed E-state index contributed by atoms with van der Waals surface area (Å²) >= 11 is 6.08. The van der Waals surface area contributed by atoms with E-state index in [2.05, 4.69) is 10.6 Å². The number of amides is 2. The van der Waals surface area contributed by atoms with Crippen LogP contribution in [-0.4, -0.2) is 23.8 Å². The van der Waals surface area contributed by atoms with E-state index in [1.807, 2.05) is 32.0 Å². The van der Waals surface area contributed by atoms with Crippen LogP contribution in [0.25, 0.3) is 0 Å². The largest absolute Gasteiger partial charge is 0.459 e. The third-order valence-electron chi connectivity index (χ3n) is 4.95. The number of ether oxygens (including phenoxy) is 1. The number of esters is 1. The summed E-state index contributed by atoms with van der Waals surface area (Å²) in [5.74, 6) is -1.40. The highest BCUT2D eigenvalue weighted by Crippen LogP contribution is 2.16. The van der Waals surface area contributed by atoms with Gasteiger partial charge in [0.15, 0.2) is 0 Å². The van der Waals surface area contributed by atoms with Gasteiger partial charge in [0.25, 0.3) is 11.8 Å². The topological polar surface area (TPSA) is 84.5 Å². The van der Waals surface area contributed by atoms with E-state index in [9.17, 15) is 14.4 Å². The SMILES string of the molecule is CC(C)[C@H](NC(=O)c1ccccc1Cl)C(=O)OCc1ccc(C(=O)Nc2ccccc2)cc1. The minimum absolute atomic E-state index is 0.0185. The Labute approximate surface area is 197 Å². The predicted octanol–water partition coefficient (Wildman–Crippen LogP) is 5.09. The predicted molar refractivity (Wildman–Crippen MR) is 128 cm³/mol. The van der Waals surface area contributed by atoms with Crippen LogP contribution in [0.5, 0.6) is 0 Å². The van der Waals surface area contributed by atoms with E-state index >= 15 is 0 Å². The van der Waals surface area contributed by atoms with E-state index in [-0.39, 0.29) is 18.4 Å². The van der Waals surface area contributed by atoms with E-state index in [4.69, 9.17) is 16.3 Å². The molecule has 0 saturated carbocycles. The lowest BCUT2D eigenvalue weighted by atomic mass is 10.0. The number of halogens is 1. The molecular formula is C26H25ClN2O4. The van der Waals surface area contributed by atoms with Crippen molar-refractivity contribution >= 4 is 35.1 Å². The molecule has 0 saturated heterocycles. The molecule has 33 heavy (non-hydrogen) atoms. The minimum Gasteiger partial charge on any atom is -0.459 e. The minimum atomic E-state index is -0.829. The highest BCUT2D eigenvalue weighted by Gasteiger charge is 2.26. The van der Waals surface area contributed by atoms with Crippen molar-refractivity contribution in [1.82, 2.24) is 5.32 Å². The average Bonchev–Trinajstić information content (AvgIpc) is 2.82. The van der Waals surface area contributed by atoms with Gasteiger partial charge in [0.05, 0.1) is 10.6 Å². The normalized spacial score (nSPS) is 11.5. The van der Waals surface area contributed by atoms with Crippen molar-refractivity contribution in [3.8, 4) is 0 Å². The molecule has 6 nitrogen and oxygen atoms in total. The summed E-state index contributed by atoms with van der Waals surface area (Å²) < 4.78 is 5.43. The second-order valence-electron chi connectivity index (χ2n) is 7.80. The first-order valence-corrected chi connectivity index (χ1v) is 10.9. The molecule has 0 aliphatic rings. The summed E-state index contributed by atoms with van der Waals surface area (Å²) in [6, 6.07) is 21.8. The second kappa shape index (κ2) is 11.3. The first-order chi connectivity index (χ1) is 15.8. The van der Waals surface area contributed by atoms with Crippen molar-refractivity contribution in [3.63, 3.8) is 0 Å². The highest BCUT2D eigenvalue weighted by atomic mass is 35.5. The van der Waals surface area contributed by atoms with Crippen molar-refractivity contribution in [1.29, 1.82) is 0 Å². The third-order valence-corrected chi connectivity index (χ3v) is 5.28. The maximum atomic E-state index is 12.7. The number of carbonyl (C=O) groups excluding carboxylic acids is 3.